The highest BCUT2D eigenvalue weighted by Crippen LogP contribution is 2.34. The van der Waals surface area contributed by atoms with Crippen molar-refractivity contribution in [3.63, 3.8) is 0 Å². The van der Waals surface area contributed by atoms with Crippen LogP contribution in [0.4, 0.5) is 18.9 Å². The Morgan fingerprint density at radius 3 is 2.32 bits per heavy atom. The smallest absolute Gasteiger partial charge is 0.397 e. The van der Waals surface area contributed by atoms with E-state index in [4.69, 9.17) is 10.5 Å². The summed E-state index contributed by atoms with van der Waals surface area (Å²) in [6.07, 6.45) is 0.00882. The molecule has 1 fully saturated rings. The van der Waals surface area contributed by atoms with Crippen molar-refractivity contribution in [2.24, 2.45) is 0 Å². The van der Waals surface area contributed by atoms with Gasteiger partial charge in [0.25, 0.3) is 0 Å². The summed E-state index contributed by atoms with van der Waals surface area (Å²) in [5.74, 6) is 0.372. The first-order valence-electron chi connectivity index (χ1n) is 8.40. The van der Waals surface area contributed by atoms with Gasteiger partial charge in [0.05, 0.1) is 24.1 Å². The molecule has 1 aromatic heterocycles. The molecule has 2 atom stereocenters. The van der Waals surface area contributed by atoms with Gasteiger partial charge in [-0.25, -0.2) is 0 Å². The minimum Gasteiger partial charge on any atom is -0.397 e. The molecule has 2 aromatic rings. The normalized spacial score (nSPS) is 22.2. The van der Waals surface area contributed by atoms with Crippen LogP contribution in [0, 0.1) is 0 Å². The maximum absolute atomic E-state index is 12.7. The Morgan fingerprint density at radius 2 is 1.68 bits per heavy atom. The number of anilines is 1. The van der Waals surface area contributed by atoms with E-state index in [1.165, 1.54) is 0 Å². The van der Waals surface area contributed by atoms with Crippen molar-refractivity contribution in [3.05, 3.63) is 59.4 Å². The van der Waals surface area contributed by atoms with Crippen LogP contribution in [0.2, 0.25) is 0 Å². The van der Waals surface area contributed by atoms with Crippen LogP contribution in [0.15, 0.2) is 42.6 Å². The number of aromatic nitrogens is 1. The predicted octanol–water partition coefficient (Wildman–Crippen LogP) is 4.75. The summed E-state index contributed by atoms with van der Waals surface area (Å²) in [6, 6.07) is 9.20. The molecule has 2 N–H and O–H groups in total. The Balaban J connectivity index is 1.70. The first-order valence-corrected chi connectivity index (χ1v) is 8.40. The molecule has 2 heterocycles. The zero-order chi connectivity index (χ0) is 17.9. The van der Waals surface area contributed by atoms with Gasteiger partial charge >= 0.3 is 6.18 Å². The Labute approximate surface area is 145 Å². The van der Waals surface area contributed by atoms with Crippen LogP contribution in [0.5, 0.6) is 0 Å². The van der Waals surface area contributed by atoms with Crippen molar-refractivity contribution < 1.29 is 17.9 Å². The van der Waals surface area contributed by atoms with Gasteiger partial charge in [-0.05, 0) is 49.1 Å². The molecule has 0 bridgehead atoms. The van der Waals surface area contributed by atoms with Crippen molar-refractivity contribution in [2.45, 2.75) is 37.3 Å². The molecule has 1 aliphatic heterocycles. The van der Waals surface area contributed by atoms with Gasteiger partial charge in [-0.2, -0.15) is 13.2 Å². The molecule has 0 aliphatic carbocycles. The van der Waals surface area contributed by atoms with Gasteiger partial charge in [-0.1, -0.05) is 12.1 Å². The van der Waals surface area contributed by atoms with Crippen LogP contribution >= 0.6 is 0 Å². The van der Waals surface area contributed by atoms with Gasteiger partial charge in [-0.15, -0.1) is 0 Å². The van der Waals surface area contributed by atoms with Gasteiger partial charge < -0.3 is 10.5 Å². The average molecular weight is 350 g/mol. The minimum absolute atomic E-state index is 0.0962. The topological polar surface area (TPSA) is 48.1 Å². The summed E-state index contributed by atoms with van der Waals surface area (Å²) in [7, 11) is 0. The molecule has 0 spiro atoms. The average Bonchev–Trinajstić information content (AvgIpc) is 2.56. The fraction of sp³-hybridized carbons (Fsp3) is 0.421. The van der Waals surface area contributed by atoms with Crippen LogP contribution in [-0.4, -0.2) is 18.2 Å². The molecule has 1 aliphatic rings. The zero-order valence-corrected chi connectivity index (χ0v) is 13.8. The van der Waals surface area contributed by atoms with E-state index >= 15 is 0 Å². The molecule has 1 saturated heterocycles. The van der Waals surface area contributed by atoms with Gasteiger partial charge in [0.15, 0.2) is 0 Å². The number of hydrogen-bond donors (Lipinski definition) is 1. The molecule has 1 unspecified atom stereocenters. The third kappa shape index (κ3) is 4.51. The first-order chi connectivity index (χ1) is 11.9. The molecule has 1 aromatic carbocycles. The van der Waals surface area contributed by atoms with Gasteiger partial charge in [-0.3, -0.25) is 4.98 Å². The number of alkyl halides is 3. The zero-order valence-electron chi connectivity index (χ0n) is 13.8. The van der Waals surface area contributed by atoms with E-state index in [2.05, 4.69) is 4.98 Å². The number of nitrogen functional groups attached to an aromatic ring is 1. The second-order valence-electron chi connectivity index (χ2n) is 6.47. The SMILES string of the molecule is Nc1ccc(C2CCOC[C@H](c3ccc(C(F)(F)F)cc3)CC2)nc1. The Morgan fingerprint density at radius 1 is 0.960 bits per heavy atom. The second-order valence-corrected chi connectivity index (χ2v) is 6.47. The van der Waals surface area contributed by atoms with Gasteiger partial charge in [0.1, 0.15) is 0 Å². The quantitative estimate of drug-likeness (QED) is 0.850. The van der Waals surface area contributed by atoms with Crippen molar-refractivity contribution in [1.82, 2.24) is 4.98 Å². The molecule has 0 radical (unpaired) electrons. The first kappa shape index (κ1) is 17.7. The number of halogens is 3. The standard InChI is InChI=1S/C19H21F3N2O/c20-19(21,22)16-5-3-13(4-6-16)15-2-1-14(9-10-25-12-15)18-8-7-17(23)11-24-18/h3-8,11,14-15H,1-2,9-10,12,23H2/t14?,15-/m1/s1. The Hall–Kier alpha value is -2.08. The van der Waals surface area contributed by atoms with E-state index in [-0.39, 0.29) is 11.8 Å². The molecule has 0 saturated carbocycles. The van der Waals surface area contributed by atoms with E-state index in [0.29, 0.717) is 18.9 Å². The molecule has 3 rings (SSSR count). The fourth-order valence-electron chi connectivity index (χ4n) is 3.24. The van der Waals surface area contributed by atoms with E-state index in [0.717, 1.165) is 42.7 Å². The number of nitrogens with zero attached hydrogens (tertiary/aromatic N) is 1. The van der Waals surface area contributed by atoms with Gasteiger partial charge in [0, 0.05) is 24.1 Å². The monoisotopic (exact) mass is 350 g/mol. The van der Waals surface area contributed by atoms with Crippen LogP contribution in [0.3, 0.4) is 0 Å². The Kier molecular flexibility index (Phi) is 5.27. The third-order valence-electron chi connectivity index (χ3n) is 4.73. The molecule has 6 heteroatoms. The molecule has 0 amide bonds. The number of benzene rings is 1. The summed E-state index contributed by atoms with van der Waals surface area (Å²) in [5.41, 5.74) is 7.58. The van der Waals surface area contributed by atoms with E-state index in [1.807, 2.05) is 12.1 Å². The number of ether oxygens (including phenoxy) is 1. The van der Waals surface area contributed by atoms with Crippen molar-refractivity contribution in [3.8, 4) is 0 Å². The lowest BCUT2D eigenvalue weighted by Gasteiger charge is -2.25. The highest BCUT2D eigenvalue weighted by Gasteiger charge is 2.30. The summed E-state index contributed by atoms with van der Waals surface area (Å²) in [5, 5.41) is 0. The summed E-state index contributed by atoms with van der Waals surface area (Å²) in [4.78, 5) is 4.41. The number of rotatable bonds is 2. The second kappa shape index (κ2) is 7.44. The highest BCUT2D eigenvalue weighted by molar-refractivity contribution is 5.35. The van der Waals surface area contributed by atoms with Crippen molar-refractivity contribution in [1.29, 1.82) is 0 Å². The van der Waals surface area contributed by atoms with E-state index < -0.39 is 11.7 Å². The van der Waals surface area contributed by atoms with Crippen LogP contribution in [0.25, 0.3) is 0 Å². The lowest BCUT2D eigenvalue weighted by atomic mass is 9.86. The fourth-order valence-corrected chi connectivity index (χ4v) is 3.24. The van der Waals surface area contributed by atoms with Gasteiger partial charge in [0.2, 0.25) is 0 Å². The van der Waals surface area contributed by atoms with Crippen LogP contribution in [0.1, 0.15) is 47.9 Å². The third-order valence-corrected chi connectivity index (χ3v) is 4.73. The Bertz CT molecular complexity index is 683. The van der Waals surface area contributed by atoms with E-state index in [9.17, 15) is 13.2 Å². The lowest BCUT2D eigenvalue weighted by molar-refractivity contribution is -0.137. The summed E-state index contributed by atoms with van der Waals surface area (Å²) < 4.78 is 43.9. The molecule has 25 heavy (non-hydrogen) atoms. The number of nitrogens with two attached hydrogens (primary N) is 1. The van der Waals surface area contributed by atoms with Crippen molar-refractivity contribution in [2.75, 3.05) is 18.9 Å². The largest absolute Gasteiger partial charge is 0.416 e. The molecular formula is C19H21F3N2O. The van der Waals surface area contributed by atoms with E-state index in [1.54, 1.807) is 18.3 Å². The van der Waals surface area contributed by atoms with Crippen LogP contribution in [-0.2, 0) is 10.9 Å². The maximum atomic E-state index is 12.7. The molecule has 3 nitrogen and oxygen atoms in total. The summed E-state index contributed by atoms with van der Waals surface area (Å²) >= 11 is 0. The van der Waals surface area contributed by atoms with Crippen LogP contribution < -0.4 is 5.73 Å². The lowest BCUT2D eigenvalue weighted by Crippen LogP contribution is -2.17. The molecule has 134 valence electrons. The predicted molar refractivity (Wildman–Crippen MR) is 90.2 cm³/mol. The highest BCUT2D eigenvalue weighted by atomic mass is 19.4. The maximum Gasteiger partial charge on any atom is 0.416 e. The summed E-state index contributed by atoms with van der Waals surface area (Å²) in [6.45, 7) is 1.15. The number of hydrogen-bond acceptors (Lipinski definition) is 3. The molecular weight excluding hydrogens is 329 g/mol. The minimum atomic E-state index is -4.30. The van der Waals surface area contributed by atoms with Crippen molar-refractivity contribution >= 4 is 5.69 Å². The number of pyridine rings is 1.